The molecule has 0 aliphatic rings. The van der Waals surface area contributed by atoms with Crippen molar-refractivity contribution in [3.05, 3.63) is 12.7 Å². The summed E-state index contributed by atoms with van der Waals surface area (Å²) in [6, 6.07) is 0. The molecule has 0 fully saturated rings. The minimum absolute atomic E-state index is 0. The van der Waals surface area contributed by atoms with Gasteiger partial charge in [-0.15, -0.1) is 6.58 Å². The molecule has 0 aliphatic heterocycles. The average Bonchev–Trinajstić information content (AvgIpc) is 1.61. The molecule has 1 N–H and O–H groups in total. The summed E-state index contributed by atoms with van der Waals surface area (Å²) in [6.07, 6.45) is 2.35. The molecular weight excluding hydrogens is 198 g/mol. The predicted octanol–water partition coefficient (Wildman–Crippen LogP) is 1.03. The third-order valence-corrected chi connectivity index (χ3v) is 0.562. The van der Waals surface area contributed by atoms with Gasteiger partial charge in [-0.05, 0) is 6.42 Å². The van der Waals surface area contributed by atoms with Gasteiger partial charge in [0, 0.05) is 26.8 Å². The Balaban J connectivity index is 0. The van der Waals surface area contributed by atoms with Crippen LogP contribution in [0.1, 0.15) is 12.8 Å². The van der Waals surface area contributed by atoms with E-state index in [2.05, 4.69) is 6.58 Å². The van der Waals surface area contributed by atoms with E-state index in [-0.39, 0.29) is 26.8 Å². The Morgan fingerprint density at radius 1 is 1.75 bits per heavy atom. The second kappa shape index (κ2) is 6.87. The topological polar surface area (TPSA) is 37.3 Å². The van der Waals surface area contributed by atoms with Crippen molar-refractivity contribution < 1.29 is 30.3 Å². The summed E-state index contributed by atoms with van der Waals surface area (Å²) in [5.41, 5.74) is 0. The molecule has 0 spiro atoms. The first kappa shape index (κ1) is 10.8. The Morgan fingerprint density at radius 3 is 2.38 bits per heavy atom. The van der Waals surface area contributed by atoms with E-state index in [0.29, 0.717) is 6.42 Å². The summed E-state index contributed by atoms with van der Waals surface area (Å²) >= 11 is 0. The van der Waals surface area contributed by atoms with Gasteiger partial charge in [0.25, 0.3) is 0 Å². The Hall–Kier alpha value is -0.128. The molecule has 0 rings (SSSR count). The summed E-state index contributed by atoms with van der Waals surface area (Å²) in [7, 11) is 0. The van der Waals surface area contributed by atoms with Gasteiger partial charge in [-0.3, -0.25) is 4.79 Å². The molecule has 0 saturated heterocycles. The third-order valence-electron chi connectivity index (χ3n) is 0.562. The molecule has 0 atom stereocenters. The molecular formula is C5H8O2Pd. The van der Waals surface area contributed by atoms with E-state index in [1.54, 1.807) is 6.08 Å². The van der Waals surface area contributed by atoms with Crippen LogP contribution in [0.2, 0.25) is 0 Å². The number of hydrogen-bond acceptors (Lipinski definition) is 1. The molecule has 0 radical (unpaired) electrons. The average molecular weight is 207 g/mol. The summed E-state index contributed by atoms with van der Waals surface area (Å²) in [5, 5.41) is 8.00. The van der Waals surface area contributed by atoms with Gasteiger partial charge in [-0.1, -0.05) is 6.08 Å². The molecule has 0 heterocycles. The molecule has 50 valence electrons. The minimum atomic E-state index is -0.764. The maximum Gasteiger partial charge on any atom is 0.303 e. The van der Waals surface area contributed by atoms with Gasteiger partial charge in [-0.2, -0.15) is 0 Å². The molecule has 0 aliphatic carbocycles. The van der Waals surface area contributed by atoms with E-state index >= 15 is 0 Å². The van der Waals surface area contributed by atoms with Gasteiger partial charge in [0.05, 0.1) is 0 Å². The van der Waals surface area contributed by atoms with Crippen LogP contribution < -0.4 is 0 Å². The number of carboxylic acid groups (broad SMARTS) is 1. The SMILES string of the molecule is C=CCCC(=O)O.[Pd]. The van der Waals surface area contributed by atoms with Crippen LogP contribution in [0.5, 0.6) is 0 Å². The van der Waals surface area contributed by atoms with E-state index in [4.69, 9.17) is 5.11 Å². The second-order valence-corrected chi connectivity index (χ2v) is 1.22. The Morgan fingerprint density at radius 2 is 2.25 bits per heavy atom. The first-order valence-electron chi connectivity index (χ1n) is 2.10. The second-order valence-electron chi connectivity index (χ2n) is 1.22. The first-order valence-corrected chi connectivity index (χ1v) is 2.10. The van der Waals surface area contributed by atoms with Gasteiger partial charge in [0.15, 0.2) is 0 Å². The monoisotopic (exact) mass is 206 g/mol. The van der Waals surface area contributed by atoms with E-state index in [1.807, 2.05) is 0 Å². The van der Waals surface area contributed by atoms with Crippen molar-refractivity contribution in [2.24, 2.45) is 0 Å². The van der Waals surface area contributed by atoms with Crippen molar-refractivity contribution in [1.82, 2.24) is 0 Å². The van der Waals surface area contributed by atoms with Gasteiger partial charge in [0.2, 0.25) is 0 Å². The van der Waals surface area contributed by atoms with Crippen LogP contribution in [-0.2, 0) is 25.2 Å². The Kier molecular flexibility index (Phi) is 9.26. The molecule has 0 bridgehead atoms. The van der Waals surface area contributed by atoms with Gasteiger partial charge >= 0.3 is 5.97 Å². The van der Waals surface area contributed by atoms with Crippen LogP contribution in [0.25, 0.3) is 0 Å². The van der Waals surface area contributed by atoms with Gasteiger partial charge < -0.3 is 5.11 Å². The summed E-state index contributed by atoms with van der Waals surface area (Å²) in [5.74, 6) is -0.764. The molecule has 0 aromatic carbocycles. The van der Waals surface area contributed by atoms with Crippen molar-refractivity contribution >= 4 is 5.97 Å². The Labute approximate surface area is 62.2 Å². The van der Waals surface area contributed by atoms with Crippen LogP contribution in [0.15, 0.2) is 12.7 Å². The normalized spacial score (nSPS) is 7.00. The fourth-order valence-electron chi connectivity index (χ4n) is 0.226. The zero-order chi connectivity index (χ0) is 5.70. The van der Waals surface area contributed by atoms with Crippen molar-refractivity contribution in [2.75, 3.05) is 0 Å². The molecule has 3 heteroatoms. The van der Waals surface area contributed by atoms with Crippen molar-refractivity contribution in [1.29, 1.82) is 0 Å². The van der Waals surface area contributed by atoms with E-state index in [0.717, 1.165) is 0 Å². The molecule has 0 unspecified atom stereocenters. The molecule has 0 aromatic heterocycles. The number of hydrogen-bond donors (Lipinski definition) is 1. The number of aliphatic carboxylic acids is 1. The number of rotatable bonds is 3. The maximum atomic E-state index is 9.71. The van der Waals surface area contributed by atoms with Crippen LogP contribution in [-0.4, -0.2) is 11.1 Å². The zero-order valence-electron chi connectivity index (χ0n) is 4.37. The van der Waals surface area contributed by atoms with Gasteiger partial charge in [0.1, 0.15) is 0 Å². The number of carboxylic acids is 1. The van der Waals surface area contributed by atoms with Crippen molar-refractivity contribution in [2.45, 2.75) is 12.8 Å². The fraction of sp³-hybridized carbons (Fsp3) is 0.400. The smallest absolute Gasteiger partial charge is 0.303 e. The molecule has 0 saturated carbocycles. The van der Waals surface area contributed by atoms with E-state index in [9.17, 15) is 4.79 Å². The maximum absolute atomic E-state index is 9.71. The first-order chi connectivity index (χ1) is 3.27. The quantitative estimate of drug-likeness (QED) is 0.553. The molecule has 2 nitrogen and oxygen atoms in total. The summed E-state index contributed by atoms with van der Waals surface area (Å²) < 4.78 is 0. The zero-order valence-corrected chi connectivity index (χ0v) is 5.92. The fourth-order valence-corrected chi connectivity index (χ4v) is 0.226. The molecule has 8 heavy (non-hydrogen) atoms. The van der Waals surface area contributed by atoms with Crippen molar-refractivity contribution in [3.63, 3.8) is 0 Å². The van der Waals surface area contributed by atoms with Gasteiger partial charge in [-0.25, -0.2) is 0 Å². The van der Waals surface area contributed by atoms with Crippen LogP contribution in [0.4, 0.5) is 0 Å². The summed E-state index contributed by atoms with van der Waals surface area (Å²) in [4.78, 5) is 9.71. The standard InChI is InChI=1S/C5H8O2.Pd/c1-2-3-4-5(6)7;/h2H,1,3-4H2,(H,6,7);. The third kappa shape index (κ3) is 9.30. The molecule has 0 aromatic rings. The largest absolute Gasteiger partial charge is 0.481 e. The van der Waals surface area contributed by atoms with E-state index < -0.39 is 5.97 Å². The Bertz CT molecular complexity index is 80.5. The minimum Gasteiger partial charge on any atom is -0.481 e. The van der Waals surface area contributed by atoms with Crippen LogP contribution in [0, 0.1) is 0 Å². The summed E-state index contributed by atoms with van der Waals surface area (Å²) in [6.45, 7) is 3.37. The van der Waals surface area contributed by atoms with E-state index in [1.165, 1.54) is 0 Å². The van der Waals surface area contributed by atoms with Crippen molar-refractivity contribution in [3.8, 4) is 0 Å². The van der Waals surface area contributed by atoms with Crippen LogP contribution >= 0.6 is 0 Å². The predicted molar refractivity (Wildman–Crippen MR) is 27.1 cm³/mol. The number of allylic oxidation sites excluding steroid dienone is 1. The molecule has 0 amide bonds. The van der Waals surface area contributed by atoms with Crippen LogP contribution in [0.3, 0.4) is 0 Å². The number of carbonyl (C=O) groups is 1.